The van der Waals surface area contributed by atoms with Crippen molar-refractivity contribution in [1.82, 2.24) is 0 Å². The third-order valence-electron chi connectivity index (χ3n) is 2.74. The van der Waals surface area contributed by atoms with Crippen LogP contribution in [-0.2, 0) is 4.74 Å². The third-order valence-corrected chi connectivity index (χ3v) is 3.05. The monoisotopic (exact) mass is 254 g/mol. The molecule has 1 atom stereocenters. The highest BCUT2D eigenvalue weighted by molar-refractivity contribution is 6.34. The van der Waals surface area contributed by atoms with Gasteiger partial charge in [0.25, 0.3) is 0 Å². The fourth-order valence-corrected chi connectivity index (χ4v) is 2.01. The van der Waals surface area contributed by atoms with Crippen LogP contribution in [0.15, 0.2) is 18.2 Å². The minimum Gasteiger partial charge on any atom is -0.493 e. The van der Waals surface area contributed by atoms with E-state index in [9.17, 15) is 0 Å². The second kappa shape index (κ2) is 5.38. The van der Waals surface area contributed by atoms with Crippen LogP contribution in [0, 0.1) is 11.3 Å². The van der Waals surface area contributed by atoms with Crippen molar-refractivity contribution in [2.45, 2.75) is 6.42 Å². The number of rotatable bonds is 4. The molecule has 0 aromatic heterocycles. The Labute approximate surface area is 105 Å². The molecule has 1 unspecified atom stereocenters. The topological polar surface area (TPSA) is 68.3 Å². The third kappa shape index (κ3) is 3.11. The molecule has 1 fully saturated rings. The predicted octanol–water partition coefficient (Wildman–Crippen LogP) is 2.04. The molecule has 0 bridgehead atoms. The number of nitrogens with one attached hydrogen (secondary N) is 1. The summed E-state index contributed by atoms with van der Waals surface area (Å²) in [4.78, 5) is 0. The molecule has 1 aliphatic rings. The van der Waals surface area contributed by atoms with Crippen LogP contribution < -0.4 is 10.5 Å². The Bertz CT molecular complexity index is 417. The number of nitrogens with two attached hydrogens (primary N) is 1. The summed E-state index contributed by atoms with van der Waals surface area (Å²) in [6, 6.07) is 5.16. The first-order chi connectivity index (χ1) is 8.16. The smallest absolute Gasteiger partial charge is 0.124 e. The minimum atomic E-state index is -0.0363. The molecule has 0 radical (unpaired) electrons. The van der Waals surface area contributed by atoms with Crippen molar-refractivity contribution >= 4 is 17.4 Å². The van der Waals surface area contributed by atoms with Crippen LogP contribution in [-0.4, -0.2) is 25.7 Å². The van der Waals surface area contributed by atoms with Crippen LogP contribution in [0.5, 0.6) is 5.75 Å². The summed E-state index contributed by atoms with van der Waals surface area (Å²) < 4.78 is 10.9. The van der Waals surface area contributed by atoms with Gasteiger partial charge in [0.2, 0.25) is 0 Å². The van der Waals surface area contributed by atoms with Crippen molar-refractivity contribution in [3.63, 3.8) is 0 Å². The van der Waals surface area contributed by atoms with E-state index in [0.717, 1.165) is 19.6 Å². The Morgan fingerprint density at radius 2 is 2.41 bits per heavy atom. The summed E-state index contributed by atoms with van der Waals surface area (Å²) in [6.07, 6.45) is 1.04. The quantitative estimate of drug-likeness (QED) is 0.638. The van der Waals surface area contributed by atoms with Gasteiger partial charge >= 0.3 is 0 Å². The van der Waals surface area contributed by atoms with Gasteiger partial charge in [-0.05, 0) is 24.6 Å². The lowest BCUT2D eigenvalue weighted by molar-refractivity contribution is 0.167. The molecule has 1 heterocycles. The number of benzene rings is 1. The average molecular weight is 255 g/mol. The maximum Gasteiger partial charge on any atom is 0.124 e. The van der Waals surface area contributed by atoms with Gasteiger partial charge < -0.3 is 15.2 Å². The van der Waals surface area contributed by atoms with Crippen LogP contribution in [0.1, 0.15) is 12.0 Å². The van der Waals surface area contributed by atoms with E-state index in [0.29, 0.717) is 28.9 Å². The second-order valence-corrected chi connectivity index (χ2v) is 4.50. The fourth-order valence-electron chi connectivity index (χ4n) is 1.73. The van der Waals surface area contributed by atoms with Gasteiger partial charge in [-0.15, -0.1) is 0 Å². The van der Waals surface area contributed by atoms with E-state index in [1.54, 1.807) is 18.2 Å². The van der Waals surface area contributed by atoms with Crippen LogP contribution in [0.25, 0.3) is 0 Å². The van der Waals surface area contributed by atoms with E-state index >= 15 is 0 Å². The van der Waals surface area contributed by atoms with E-state index in [1.165, 1.54) is 0 Å². The van der Waals surface area contributed by atoms with Crippen LogP contribution in [0.2, 0.25) is 5.02 Å². The molecular formula is C12H15ClN2O2. The van der Waals surface area contributed by atoms with Crippen molar-refractivity contribution in [3.8, 4) is 5.75 Å². The van der Waals surface area contributed by atoms with Crippen molar-refractivity contribution in [3.05, 3.63) is 28.8 Å². The minimum absolute atomic E-state index is 0.0363. The van der Waals surface area contributed by atoms with Crippen LogP contribution in [0.4, 0.5) is 0 Å². The van der Waals surface area contributed by atoms with Crippen molar-refractivity contribution in [2.24, 2.45) is 11.7 Å². The van der Waals surface area contributed by atoms with E-state index in [2.05, 4.69) is 0 Å². The summed E-state index contributed by atoms with van der Waals surface area (Å²) in [6.45, 7) is 2.22. The Balaban J connectivity index is 1.97. The fraction of sp³-hybridized carbons (Fsp3) is 0.417. The number of halogens is 1. The maximum absolute atomic E-state index is 7.32. The van der Waals surface area contributed by atoms with Gasteiger partial charge in [0.05, 0.1) is 18.2 Å². The average Bonchev–Trinajstić information content (AvgIpc) is 2.78. The van der Waals surface area contributed by atoms with Gasteiger partial charge in [-0.25, -0.2) is 0 Å². The summed E-state index contributed by atoms with van der Waals surface area (Å²) >= 11 is 5.99. The molecule has 0 spiro atoms. The Kier molecular flexibility index (Phi) is 3.86. The lowest BCUT2D eigenvalue weighted by atomic mass is 10.1. The summed E-state index contributed by atoms with van der Waals surface area (Å²) in [7, 11) is 0. The highest BCUT2D eigenvalue weighted by atomic mass is 35.5. The standard InChI is InChI=1S/C12H15ClN2O2/c13-11-5-9(1-2-10(11)12(14)15)17-7-8-3-4-16-6-8/h1-2,5,8H,3-4,6-7H2,(H3,14,15). The molecule has 0 amide bonds. The molecule has 1 aromatic rings. The molecule has 2 rings (SSSR count). The first-order valence-electron chi connectivity index (χ1n) is 5.51. The molecule has 17 heavy (non-hydrogen) atoms. The van der Waals surface area contributed by atoms with Crippen LogP contribution in [0.3, 0.4) is 0 Å². The van der Waals surface area contributed by atoms with E-state index in [4.69, 9.17) is 32.2 Å². The number of hydrogen-bond acceptors (Lipinski definition) is 3. The van der Waals surface area contributed by atoms with Crippen molar-refractivity contribution in [2.75, 3.05) is 19.8 Å². The van der Waals surface area contributed by atoms with Crippen LogP contribution >= 0.6 is 11.6 Å². The van der Waals surface area contributed by atoms with E-state index < -0.39 is 0 Å². The highest BCUT2D eigenvalue weighted by Crippen LogP contribution is 2.23. The van der Waals surface area contributed by atoms with Crippen molar-refractivity contribution in [1.29, 1.82) is 5.41 Å². The SMILES string of the molecule is N=C(N)c1ccc(OCC2CCOC2)cc1Cl. The molecule has 0 aliphatic carbocycles. The Hall–Kier alpha value is -1.26. The number of amidine groups is 1. The molecule has 0 saturated carbocycles. The van der Waals surface area contributed by atoms with Gasteiger partial charge in [0.15, 0.2) is 0 Å². The van der Waals surface area contributed by atoms with Crippen molar-refractivity contribution < 1.29 is 9.47 Å². The normalized spacial score (nSPS) is 19.2. The van der Waals surface area contributed by atoms with E-state index in [-0.39, 0.29) is 5.84 Å². The zero-order valence-electron chi connectivity index (χ0n) is 9.41. The highest BCUT2D eigenvalue weighted by Gasteiger charge is 2.16. The molecule has 4 nitrogen and oxygen atoms in total. The van der Waals surface area contributed by atoms with E-state index in [1.807, 2.05) is 0 Å². The molecule has 1 saturated heterocycles. The van der Waals surface area contributed by atoms with Gasteiger partial charge in [0.1, 0.15) is 11.6 Å². The van der Waals surface area contributed by atoms with Gasteiger partial charge in [-0.1, -0.05) is 11.6 Å². The molecule has 92 valence electrons. The molecule has 3 N–H and O–H groups in total. The lowest BCUT2D eigenvalue weighted by Gasteiger charge is -2.11. The van der Waals surface area contributed by atoms with Gasteiger partial charge in [0, 0.05) is 18.1 Å². The molecule has 1 aromatic carbocycles. The summed E-state index contributed by atoms with van der Waals surface area (Å²) in [5.74, 6) is 1.12. The summed E-state index contributed by atoms with van der Waals surface area (Å²) in [5, 5.41) is 7.76. The number of ether oxygens (including phenoxy) is 2. The molecular weight excluding hydrogens is 240 g/mol. The molecule has 1 aliphatic heterocycles. The van der Waals surface area contributed by atoms with Gasteiger partial charge in [-0.2, -0.15) is 0 Å². The second-order valence-electron chi connectivity index (χ2n) is 4.10. The summed E-state index contributed by atoms with van der Waals surface area (Å²) in [5.41, 5.74) is 5.91. The first-order valence-corrected chi connectivity index (χ1v) is 5.89. The zero-order valence-corrected chi connectivity index (χ0v) is 10.2. The predicted molar refractivity (Wildman–Crippen MR) is 66.9 cm³/mol. The maximum atomic E-state index is 7.32. The van der Waals surface area contributed by atoms with Gasteiger partial charge in [-0.3, -0.25) is 5.41 Å². The molecule has 5 heteroatoms. The Morgan fingerprint density at radius 3 is 3.00 bits per heavy atom. The number of hydrogen-bond donors (Lipinski definition) is 2. The largest absolute Gasteiger partial charge is 0.493 e. The Morgan fingerprint density at radius 1 is 1.59 bits per heavy atom. The number of nitrogen functional groups attached to an aromatic ring is 1. The zero-order chi connectivity index (χ0) is 12.3. The first kappa shape index (κ1) is 12.2. The lowest BCUT2D eigenvalue weighted by Crippen LogP contribution is -2.13.